The van der Waals surface area contributed by atoms with Gasteiger partial charge in [-0.3, -0.25) is 0 Å². The number of nitrogens with zero attached hydrogens (tertiary/aromatic N) is 3. The van der Waals surface area contributed by atoms with E-state index in [4.69, 9.17) is 0 Å². The fraction of sp³-hybridized carbons (Fsp3) is 0.465. The van der Waals surface area contributed by atoms with Crippen molar-refractivity contribution in [3.63, 3.8) is 0 Å². The molecule has 8 aromatic rings. The first-order chi connectivity index (χ1) is 35.6. The van der Waals surface area contributed by atoms with Gasteiger partial charge in [-0.1, -0.05) is 165 Å². The Balaban J connectivity index is 1.17. The predicted molar refractivity (Wildman–Crippen MR) is 331 cm³/mol. The molecule has 2 atom stereocenters. The van der Waals surface area contributed by atoms with Crippen LogP contribution in [0, 0.1) is 6.92 Å². The van der Waals surface area contributed by atoms with Crippen LogP contribution >= 0.6 is 11.3 Å². The fourth-order valence-corrected chi connectivity index (χ4v) is 17.6. The van der Waals surface area contributed by atoms with E-state index in [1.807, 2.05) is 11.3 Å². The van der Waals surface area contributed by atoms with Crippen LogP contribution in [-0.4, -0.2) is 16.8 Å². The average Bonchev–Trinajstić information content (AvgIpc) is 4.16. The van der Waals surface area contributed by atoms with Gasteiger partial charge >= 0.3 is 0 Å². The number of thiophene rings is 1. The molecule has 6 aliphatic rings. The summed E-state index contributed by atoms with van der Waals surface area (Å²) < 4.78 is 4.15. The third-order valence-corrected chi connectivity index (χ3v) is 22.8. The van der Waals surface area contributed by atoms with Gasteiger partial charge < -0.3 is 14.4 Å². The molecule has 390 valence electrons. The number of rotatable bonds is 3. The topological polar surface area (TPSA) is 11.4 Å². The second kappa shape index (κ2) is 15.1. The normalized spacial score (nSPS) is 23.1. The van der Waals surface area contributed by atoms with Crippen LogP contribution in [0.4, 0.5) is 28.4 Å². The second-order valence-electron chi connectivity index (χ2n) is 30.3. The Morgan fingerprint density at radius 2 is 1.13 bits per heavy atom. The van der Waals surface area contributed by atoms with Crippen molar-refractivity contribution >= 4 is 94.1 Å². The Hall–Kier alpha value is -5.26. The maximum Gasteiger partial charge on any atom is 0.252 e. The summed E-state index contributed by atoms with van der Waals surface area (Å²) in [5, 5.41) is 4.18. The van der Waals surface area contributed by atoms with Gasteiger partial charge in [0.2, 0.25) is 0 Å². The number of aromatic nitrogens is 1. The van der Waals surface area contributed by atoms with Crippen molar-refractivity contribution < 1.29 is 0 Å². The van der Waals surface area contributed by atoms with E-state index in [0.29, 0.717) is 0 Å². The minimum Gasteiger partial charge on any atom is -0.335 e. The van der Waals surface area contributed by atoms with E-state index in [0.717, 1.165) is 0 Å². The quantitative estimate of drug-likeness (QED) is 0.163. The van der Waals surface area contributed by atoms with Gasteiger partial charge in [0.05, 0.1) is 16.7 Å². The molecule has 0 spiro atoms. The number of hydrogen-bond donors (Lipinski definition) is 0. The van der Waals surface area contributed by atoms with Crippen molar-refractivity contribution in [3.8, 4) is 5.69 Å². The van der Waals surface area contributed by atoms with Crippen LogP contribution in [0.5, 0.6) is 0 Å². The molecule has 14 rings (SSSR count). The van der Waals surface area contributed by atoms with Crippen LogP contribution in [0.1, 0.15) is 207 Å². The molecule has 1 saturated carbocycles. The lowest BCUT2D eigenvalue weighted by Gasteiger charge is -2.52. The highest BCUT2D eigenvalue weighted by Gasteiger charge is 2.62. The van der Waals surface area contributed by atoms with Gasteiger partial charge in [-0.15, -0.1) is 11.3 Å². The molecule has 76 heavy (non-hydrogen) atoms. The van der Waals surface area contributed by atoms with Crippen LogP contribution in [0.25, 0.3) is 36.9 Å². The van der Waals surface area contributed by atoms with E-state index in [1.54, 1.807) is 5.56 Å². The summed E-state index contributed by atoms with van der Waals surface area (Å²) in [4.78, 5) is 7.09. The first-order valence-electron chi connectivity index (χ1n) is 29.3. The zero-order valence-electron chi connectivity index (χ0n) is 49.1. The highest BCUT2D eigenvalue weighted by Crippen LogP contribution is 2.63. The third-order valence-electron chi connectivity index (χ3n) is 21.7. The zero-order valence-corrected chi connectivity index (χ0v) is 50.0. The molecule has 0 amide bonds. The largest absolute Gasteiger partial charge is 0.335 e. The standard InChI is InChI=1S/C71H82BN3S/c1-41-32-49-51(69(14,15)31-30-67(49,10)11)40-55(41)73(44-24-25-48-50(37-44)68(12,13)29-28-66(48,8)9)45-38-56-60-57(39-45)75-62-52(70(16)26-20-21-27-71(70,75)17)34-43(65(5,6)7)36-54(62)72(60)53-35-42(64(2,3)4)33-47-59-46-22-18-19-23-58(46)76-63(59)74(56)61(47)53/h18-19,22-25,32-40H,20-21,26-31H2,1-17H3. The number of aryl methyl sites for hydroxylation is 1. The molecular weight excluding hydrogens is 938 g/mol. The highest BCUT2D eigenvalue weighted by molar-refractivity contribution is 7.26. The lowest BCUT2D eigenvalue weighted by atomic mass is 9.33. The van der Waals surface area contributed by atoms with Gasteiger partial charge in [-0.05, 0) is 188 Å². The van der Waals surface area contributed by atoms with E-state index in [1.165, 1.54) is 172 Å². The maximum atomic E-state index is 2.98. The molecule has 0 bridgehead atoms. The number of benzene rings is 6. The van der Waals surface area contributed by atoms with Crippen molar-refractivity contribution in [1.29, 1.82) is 0 Å². The Morgan fingerprint density at radius 1 is 0.539 bits per heavy atom. The minimum absolute atomic E-state index is 0.0119. The molecule has 3 aliphatic heterocycles. The highest BCUT2D eigenvalue weighted by atomic mass is 32.1. The Bertz CT molecular complexity index is 3880. The molecule has 6 aromatic carbocycles. The monoisotopic (exact) mass is 1020 g/mol. The molecule has 5 heterocycles. The first kappa shape index (κ1) is 49.1. The molecule has 5 heteroatoms. The van der Waals surface area contributed by atoms with Gasteiger partial charge in [-0.25, -0.2) is 0 Å². The van der Waals surface area contributed by atoms with Gasteiger partial charge in [-0.2, -0.15) is 0 Å². The van der Waals surface area contributed by atoms with Crippen molar-refractivity contribution in [2.45, 2.75) is 213 Å². The predicted octanol–water partition coefficient (Wildman–Crippen LogP) is 18.0. The Labute approximate surface area is 459 Å². The Kier molecular flexibility index (Phi) is 9.75. The Morgan fingerprint density at radius 3 is 1.82 bits per heavy atom. The summed E-state index contributed by atoms with van der Waals surface area (Å²) in [5.74, 6) is 0. The number of hydrogen-bond acceptors (Lipinski definition) is 3. The summed E-state index contributed by atoms with van der Waals surface area (Å²) >= 11 is 1.99. The molecule has 0 N–H and O–H groups in total. The summed E-state index contributed by atoms with van der Waals surface area (Å²) in [7, 11) is 0. The third kappa shape index (κ3) is 6.36. The van der Waals surface area contributed by atoms with E-state index >= 15 is 0 Å². The average molecular weight is 1020 g/mol. The van der Waals surface area contributed by atoms with Gasteiger partial charge in [0, 0.05) is 54.7 Å². The molecule has 3 nitrogen and oxygen atoms in total. The number of fused-ring (bicyclic) bond motifs is 14. The fourth-order valence-electron chi connectivity index (χ4n) is 16.4. The number of anilines is 5. The van der Waals surface area contributed by atoms with Crippen LogP contribution in [0.15, 0.2) is 91.0 Å². The molecular formula is C71H82BN3S. The summed E-state index contributed by atoms with van der Waals surface area (Å²) in [6.45, 7) is 42.3. The van der Waals surface area contributed by atoms with Gasteiger partial charge in [0.25, 0.3) is 6.71 Å². The SMILES string of the molecule is Cc1cc2c(cc1N(c1cc3c4c(c1)-n1c5sc6ccccc6c5c5cc(C(C)(C)C)cc(c51)B4c1cc(C(C)(C)C)cc4c1N3C1(C)CCCCC41C)c1ccc3c(c1)C(C)(C)CCC3(C)C)C(C)(C)CCC2(C)C. The lowest BCUT2D eigenvalue weighted by Crippen LogP contribution is -2.64. The maximum absolute atomic E-state index is 2.98. The van der Waals surface area contributed by atoms with Crippen molar-refractivity contribution in [1.82, 2.24) is 4.57 Å². The zero-order chi connectivity index (χ0) is 53.6. The smallest absolute Gasteiger partial charge is 0.252 e. The van der Waals surface area contributed by atoms with Crippen LogP contribution in [-0.2, 0) is 37.9 Å². The van der Waals surface area contributed by atoms with E-state index in [2.05, 4.69) is 223 Å². The van der Waals surface area contributed by atoms with Crippen molar-refractivity contribution in [3.05, 3.63) is 136 Å². The summed E-state index contributed by atoms with van der Waals surface area (Å²) in [5.41, 5.74) is 25.9. The molecule has 3 aliphatic carbocycles. The summed E-state index contributed by atoms with van der Waals surface area (Å²) in [6.07, 6.45) is 9.64. The van der Waals surface area contributed by atoms with Crippen LogP contribution in [0.2, 0.25) is 0 Å². The van der Waals surface area contributed by atoms with Gasteiger partial charge in [0.15, 0.2) is 0 Å². The first-order valence-corrected chi connectivity index (χ1v) is 30.2. The van der Waals surface area contributed by atoms with E-state index in [9.17, 15) is 0 Å². The van der Waals surface area contributed by atoms with E-state index < -0.39 is 0 Å². The second-order valence-corrected chi connectivity index (χ2v) is 31.3. The lowest BCUT2D eigenvalue weighted by molar-refractivity contribution is 0.195. The van der Waals surface area contributed by atoms with Gasteiger partial charge in [0.1, 0.15) is 4.83 Å². The van der Waals surface area contributed by atoms with E-state index in [-0.39, 0.29) is 50.2 Å². The van der Waals surface area contributed by atoms with Crippen LogP contribution < -0.4 is 26.2 Å². The molecule has 2 unspecified atom stereocenters. The van der Waals surface area contributed by atoms with Crippen LogP contribution in [0.3, 0.4) is 0 Å². The summed E-state index contributed by atoms with van der Waals surface area (Å²) in [6, 6.07) is 38.2. The molecule has 0 saturated heterocycles. The molecule has 0 radical (unpaired) electrons. The minimum atomic E-state index is -0.119. The molecule has 1 fully saturated rings. The van der Waals surface area contributed by atoms with Crippen molar-refractivity contribution in [2.75, 3.05) is 9.80 Å². The van der Waals surface area contributed by atoms with Crippen molar-refractivity contribution in [2.24, 2.45) is 0 Å². The molecule has 2 aromatic heterocycles.